The molecule has 0 saturated heterocycles. The van der Waals surface area contributed by atoms with Crippen LogP contribution >= 0.6 is 0 Å². The van der Waals surface area contributed by atoms with Crippen LogP contribution in [0.4, 0.5) is 0 Å². The molecule has 2 N–H and O–H groups in total. The Morgan fingerprint density at radius 2 is 1.84 bits per heavy atom. The summed E-state index contributed by atoms with van der Waals surface area (Å²) in [6, 6.07) is 19.9. The van der Waals surface area contributed by atoms with Gasteiger partial charge in [0.25, 0.3) is 5.56 Å². The first-order chi connectivity index (χ1) is 15.0. The lowest BCUT2D eigenvalue weighted by Crippen LogP contribution is -2.32. The summed E-state index contributed by atoms with van der Waals surface area (Å²) < 4.78 is 1.19. The molecule has 4 aromatic rings. The number of hydrogen-bond acceptors (Lipinski definition) is 4. The number of amides is 1. The lowest BCUT2D eigenvalue weighted by atomic mass is 10.0. The largest absolute Gasteiger partial charge is 0.349 e. The molecule has 1 atom stereocenters. The molecule has 154 valence electrons. The van der Waals surface area contributed by atoms with Crippen molar-refractivity contribution in [2.45, 2.75) is 26.3 Å². The molecule has 1 amide bonds. The molecule has 0 aliphatic rings. The molecule has 4 rings (SSSR count). The van der Waals surface area contributed by atoms with Gasteiger partial charge < -0.3 is 5.32 Å². The number of benzene rings is 2. The molecule has 0 unspecified atom stereocenters. The van der Waals surface area contributed by atoms with E-state index in [-0.39, 0.29) is 35.1 Å². The van der Waals surface area contributed by atoms with Gasteiger partial charge in [0.2, 0.25) is 5.91 Å². The van der Waals surface area contributed by atoms with Crippen molar-refractivity contribution < 1.29 is 4.79 Å². The molecule has 7 nitrogen and oxygen atoms in total. The van der Waals surface area contributed by atoms with Gasteiger partial charge in [-0.15, -0.1) is 0 Å². The second-order valence-electron chi connectivity index (χ2n) is 7.39. The van der Waals surface area contributed by atoms with Crippen LogP contribution in [0.15, 0.2) is 65.6 Å². The zero-order valence-corrected chi connectivity index (χ0v) is 17.2. The van der Waals surface area contributed by atoms with Crippen LogP contribution in [0.3, 0.4) is 0 Å². The van der Waals surface area contributed by atoms with Crippen molar-refractivity contribution in [2.24, 2.45) is 0 Å². The average Bonchev–Trinajstić information content (AvgIpc) is 3.20. The second kappa shape index (κ2) is 8.28. The summed E-state index contributed by atoms with van der Waals surface area (Å²) in [5.41, 5.74) is 4.12. The molecule has 0 saturated carbocycles. The van der Waals surface area contributed by atoms with E-state index in [0.717, 1.165) is 16.7 Å². The molecule has 2 heterocycles. The number of carbonyl (C=O) groups is 1. The lowest BCUT2D eigenvalue weighted by Gasteiger charge is -2.15. The molecule has 31 heavy (non-hydrogen) atoms. The summed E-state index contributed by atoms with van der Waals surface area (Å²) in [6.07, 6.45) is 1.34. The minimum atomic E-state index is -0.376. The number of rotatable bonds is 5. The van der Waals surface area contributed by atoms with Gasteiger partial charge in [-0.1, -0.05) is 54.6 Å². The van der Waals surface area contributed by atoms with Gasteiger partial charge in [0.1, 0.15) is 11.6 Å². The fourth-order valence-electron chi connectivity index (χ4n) is 3.57. The number of aromatic amines is 1. The van der Waals surface area contributed by atoms with Gasteiger partial charge in [-0.25, -0.2) is 9.50 Å². The van der Waals surface area contributed by atoms with Crippen molar-refractivity contribution in [3.63, 3.8) is 0 Å². The van der Waals surface area contributed by atoms with Gasteiger partial charge in [0.05, 0.1) is 12.5 Å². The molecule has 0 fully saturated rings. The van der Waals surface area contributed by atoms with Crippen LogP contribution in [0.25, 0.3) is 16.8 Å². The molecule has 7 heteroatoms. The minimum Gasteiger partial charge on any atom is -0.349 e. The van der Waals surface area contributed by atoms with Crippen LogP contribution in [0.2, 0.25) is 0 Å². The standard InChI is InChI=1S/C24H21N5O2/c1-15(17-8-10-19(11-9-17)18-6-4-3-5-7-18)27-22(30)12-21-16(2)28-23-20(13-25)14-26-29(23)24(21)31/h3-11,14-15,26H,12H2,1-2H3,(H,27,30)/t15-/m1/s1. The van der Waals surface area contributed by atoms with Crippen LogP contribution in [-0.4, -0.2) is 20.5 Å². The number of H-pyrrole nitrogens is 1. The highest BCUT2D eigenvalue weighted by atomic mass is 16.2. The predicted octanol–water partition coefficient (Wildman–Crippen LogP) is 3.29. The van der Waals surface area contributed by atoms with E-state index in [2.05, 4.69) is 27.5 Å². The van der Waals surface area contributed by atoms with E-state index in [4.69, 9.17) is 5.26 Å². The van der Waals surface area contributed by atoms with Crippen molar-refractivity contribution in [1.82, 2.24) is 19.9 Å². The zero-order chi connectivity index (χ0) is 22.0. The SMILES string of the molecule is Cc1nc2c(C#N)c[nH]n2c(=O)c1CC(=O)N[C@H](C)c1ccc(-c2ccccc2)cc1. The first-order valence-electron chi connectivity index (χ1n) is 9.92. The average molecular weight is 411 g/mol. The Bertz CT molecular complexity index is 1350. The summed E-state index contributed by atoms with van der Waals surface area (Å²) in [7, 11) is 0. The topological polar surface area (TPSA) is 103 Å². The summed E-state index contributed by atoms with van der Waals surface area (Å²) in [4.78, 5) is 29.7. The highest BCUT2D eigenvalue weighted by Gasteiger charge is 2.18. The molecular formula is C24H21N5O2. The molecular weight excluding hydrogens is 390 g/mol. The van der Waals surface area contributed by atoms with Crippen LogP contribution in [0, 0.1) is 18.3 Å². The Hall–Kier alpha value is -4.18. The normalized spacial score (nSPS) is 11.8. The Labute approximate surface area is 179 Å². The number of fused-ring (bicyclic) bond motifs is 1. The smallest absolute Gasteiger partial charge is 0.276 e. The van der Waals surface area contributed by atoms with E-state index < -0.39 is 0 Å². The maximum Gasteiger partial charge on any atom is 0.276 e. The number of nitrogens with one attached hydrogen (secondary N) is 2. The monoisotopic (exact) mass is 411 g/mol. The summed E-state index contributed by atoms with van der Waals surface area (Å²) >= 11 is 0. The minimum absolute atomic E-state index is 0.0893. The number of aromatic nitrogens is 3. The van der Waals surface area contributed by atoms with Crippen molar-refractivity contribution in [3.8, 4) is 17.2 Å². The first kappa shape index (κ1) is 20.1. The van der Waals surface area contributed by atoms with Crippen molar-refractivity contribution in [2.75, 3.05) is 0 Å². The van der Waals surface area contributed by atoms with E-state index in [1.807, 2.05) is 55.5 Å². The first-order valence-corrected chi connectivity index (χ1v) is 9.92. The maximum absolute atomic E-state index is 12.7. The Morgan fingerprint density at radius 1 is 1.16 bits per heavy atom. The third-order valence-corrected chi connectivity index (χ3v) is 5.32. The van der Waals surface area contributed by atoms with Gasteiger partial charge in [0, 0.05) is 17.5 Å². The third-order valence-electron chi connectivity index (χ3n) is 5.32. The number of carbonyl (C=O) groups excluding carboxylic acids is 1. The Kier molecular flexibility index (Phi) is 5.37. The molecule has 0 aliphatic heterocycles. The van der Waals surface area contributed by atoms with Gasteiger partial charge in [-0.05, 0) is 30.5 Å². The van der Waals surface area contributed by atoms with Crippen LogP contribution in [0.1, 0.15) is 35.3 Å². The Balaban J connectivity index is 1.49. The van der Waals surface area contributed by atoms with E-state index in [9.17, 15) is 9.59 Å². The predicted molar refractivity (Wildman–Crippen MR) is 117 cm³/mol. The lowest BCUT2D eigenvalue weighted by molar-refractivity contribution is -0.121. The number of hydrogen-bond donors (Lipinski definition) is 2. The number of nitrogens with zero attached hydrogens (tertiary/aromatic N) is 3. The van der Waals surface area contributed by atoms with Crippen LogP contribution in [0.5, 0.6) is 0 Å². The number of nitriles is 1. The van der Waals surface area contributed by atoms with E-state index in [1.165, 1.54) is 10.7 Å². The molecule has 2 aromatic carbocycles. The molecule has 0 radical (unpaired) electrons. The summed E-state index contributed by atoms with van der Waals surface area (Å²) in [5.74, 6) is -0.270. The van der Waals surface area contributed by atoms with Crippen molar-refractivity contribution in [1.29, 1.82) is 5.26 Å². The van der Waals surface area contributed by atoms with Gasteiger partial charge in [0.15, 0.2) is 5.65 Å². The molecule has 0 spiro atoms. The van der Waals surface area contributed by atoms with E-state index in [1.54, 1.807) is 6.92 Å². The van der Waals surface area contributed by atoms with Crippen molar-refractivity contribution >= 4 is 11.6 Å². The summed E-state index contributed by atoms with van der Waals surface area (Å²) in [5, 5.41) is 14.8. The molecule has 0 bridgehead atoms. The van der Waals surface area contributed by atoms with Gasteiger partial charge in [-0.2, -0.15) is 5.26 Å². The third kappa shape index (κ3) is 3.96. The van der Waals surface area contributed by atoms with Gasteiger partial charge >= 0.3 is 0 Å². The highest BCUT2D eigenvalue weighted by molar-refractivity contribution is 5.79. The van der Waals surface area contributed by atoms with Gasteiger partial charge in [-0.3, -0.25) is 14.7 Å². The number of aryl methyl sites for hydroxylation is 1. The van der Waals surface area contributed by atoms with Crippen LogP contribution in [-0.2, 0) is 11.2 Å². The maximum atomic E-state index is 12.7. The fraction of sp³-hybridized carbons (Fsp3) is 0.167. The fourth-order valence-corrected chi connectivity index (χ4v) is 3.57. The molecule has 0 aliphatic carbocycles. The van der Waals surface area contributed by atoms with Crippen LogP contribution < -0.4 is 10.9 Å². The quantitative estimate of drug-likeness (QED) is 0.526. The van der Waals surface area contributed by atoms with E-state index >= 15 is 0 Å². The zero-order valence-electron chi connectivity index (χ0n) is 17.2. The summed E-state index contributed by atoms with van der Waals surface area (Å²) in [6.45, 7) is 3.57. The Morgan fingerprint density at radius 3 is 2.52 bits per heavy atom. The van der Waals surface area contributed by atoms with E-state index in [0.29, 0.717) is 11.3 Å². The second-order valence-corrected chi connectivity index (χ2v) is 7.39. The highest BCUT2D eigenvalue weighted by Crippen LogP contribution is 2.22. The molecule has 2 aromatic heterocycles. The van der Waals surface area contributed by atoms with Crippen molar-refractivity contribution in [3.05, 3.63) is 93.5 Å².